The molecule has 2 aromatic rings. The summed E-state index contributed by atoms with van der Waals surface area (Å²) < 4.78 is 20.7. The summed E-state index contributed by atoms with van der Waals surface area (Å²) in [5, 5.41) is 10.7. The average Bonchev–Trinajstić information content (AvgIpc) is 2.86. The second-order valence-corrected chi connectivity index (χ2v) is 7.26. The maximum absolute atomic E-state index is 12.9. The normalized spacial score (nSPS) is 12.1. The number of ether oxygens (including phenoxy) is 4. The zero-order chi connectivity index (χ0) is 25.8. The van der Waals surface area contributed by atoms with Crippen molar-refractivity contribution in [1.82, 2.24) is 0 Å². The van der Waals surface area contributed by atoms with Crippen molar-refractivity contribution in [2.24, 2.45) is 0 Å². The maximum Gasteiger partial charge on any atom is 0.330 e. The number of rotatable bonds is 11. The van der Waals surface area contributed by atoms with Crippen LogP contribution in [0.15, 0.2) is 72.0 Å². The minimum atomic E-state index is -0.623. The van der Waals surface area contributed by atoms with E-state index in [4.69, 9.17) is 18.9 Å². The van der Waals surface area contributed by atoms with Gasteiger partial charge in [-0.1, -0.05) is 30.4 Å². The van der Waals surface area contributed by atoms with Gasteiger partial charge in [0.2, 0.25) is 0 Å². The molecule has 0 amide bonds. The highest BCUT2D eigenvalue weighted by molar-refractivity contribution is 6.09. The molecule has 1 N–H and O–H groups in total. The third kappa shape index (κ3) is 7.92. The van der Waals surface area contributed by atoms with Crippen LogP contribution in [0.5, 0.6) is 17.2 Å². The molecule has 0 radical (unpaired) electrons. The smallest absolute Gasteiger partial charge is 0.330 e. The molecule has 2 aromatic carbocycles. The number of carbonyl (C=O) groups excluding carboxylic acids is 2. The number of carbonyl (C=O) groups is 2. The van der Waals surface area contributed by atoms with Gasteiger partial charge < -0.3 is 24.1 Å². The van der Waals surface area contributed by atoms with Gasteiger partial charge in [0.25, 0.3) is 0 Å². The van der Waals surface area contributed by atoms with Gasteiger partial charge in [0.1, 0.15) is 11.5 Å². The number of methoxy groups -OCH3 is 3. The Labute approximate surface area is 205 Å². The maximum atomic E-state index is 12.9. The second kappa shape index (κ2) is 13.4. The Morgan fingerprint density at radius 2 is 1.40 bits per heavy atom. The van der Waals surface area contributed by atoms with E-state index in [-0.39, 0.29) is 17.9 Å². The van der Waals surface area contributed by atoms with Gasteiger partial charge in [-0.3, -0.25) is 4.79 Å². The first-order chi connectivity index (χ1) is 16.8. The predicted molar refractivity (Wildman–Crippen MR) is 136 cm³/mol. The molecule has 0 fully saturated rings. The van der Waals surface area contributed by atoms with Gasteiger partial charge in [-0.2, -0.15) is 0 Å². The van der Waals surface area contributed by atoms with Gasteiger partial charge in [0, 0.05) is 6.08 Å². The van der Waals surface area contributed by atoms with Crippen LogP contribution in [-0.2, 0) is 14.3 Å². The summed E-state index contributed by atoms with van der Waals surface area (Å²) in [6.07, 6.45) is 8.22. The zero-order valence-electron chi connectivity index (χ0n) is 20.5. The molecule has 2 rings (SSSR count). The van der Waals surface area contributed by atoms with E-state index in [1.165, 1.54) is 32.4 Å². The predicted octanol–water partition coefficient (Wildman–Crippen LogP) is 5.25. The molecular weight excluding hydrogens is 448 g/mol. The number of hydrogen-bond donors (Lipinski definition) is 1. The van der Waals surface area contributed by atoms with Crippen molar-refractivity contribution in [2.45, 2.75) is 13.8 Å². The monoisotopic (exact) mass is 478 g/mol. The number of aliphatic hydroxyl groups is 1. The Balaban J connectivity index is 2.38. The molecule has 0 aromatic heterocycles. The van der Waals surface area contributed by atoms with E-state index in [0.29, 0.717) is 22.8 Å². The molecule has 7 heteroatoms. The minimum absolute atomic E-state index is 0.0786. The Kier molecular flexibility index (Phi) is 10.4. The molecule has 7 nitrogen and oxygen atoms in total. The number of esters is 1. The summed E-state index contributed by atoms with van der Waals surface area (Å²) in [5.74, 6) is 0.333. The van der Waals surface area contributed by atoms with Crippen LogP contribution in [0.4, 0.5) is 0 Å². The zero-order valence-corrected chi connectivity index (χ0v) is 20.5. The molecule has 35 heavy (non-hydrogen) atoms. The van der Waals surface area contributed by atoms with Crippen LogP contribution in [0.2, 0.25) is 0 Å². The van der Waals surface area contributed by atoms with E-state index in [2.05, 4.69) is 0 Å². The molecule has 0 unspecified atom stereocenters. The summed E-state index contributed by atoms with van der Waals surface area (Å²) >= 11 is 0. The van der Waals surface area contributed by atoms with Gasteiger partial charge >= 0.3 is 5.97 Å². The van der Waals surface area contributed by atoms with Crippen LogP contribution in [0.3, 0.4) is 0 Å². The van der Waals surface area contributed by atoms with Crippen LogP contribution in [0.1, 0.15) is 23.6 Å². The van der Waals surface area contributed by atoms with Crippen LogP contribution >= 0.6 is 0 Å². The largest absolute Gasteiger partial charge is 0.507 e. The van der Waals surface area contributed by atoms with Gasteiger partial charge in [0.15, 0.2) is 17.3 Å². The van der Waals surface area contributed by atoms with Gasteiger partial charge in [-0.05, 0) is 67.0 Å². The molecule has 0 bridgehead atoms. The van der Waals surface area contributed by atoms with Crippen LogP contribution in [-0.4, -0.2) is 44.8 Å². The van der Waals surface area contributed by atoms with Crippen molar-refractivity contribution in [3.8, 4) is 17.2 Å². The Hall–Kier alpha value is -4.26. The number of aliphatic hydroxyl groups excluding tert-OH is 1. The van der Waals surface area contributed by atoms with Crippen LogP contribution in [0, 0.1) is 6.92 Å². The van der Waals surface area contributed by atoms with Crippen molar-refractivity contribution in [1.29, 1.82) is 0 Å². The molecule has 0 aliphatic carbocycles. The Morgan fingerprint density at radius 3 is 2.03 bits per heavy atom. The highest BCUT2D eigenvalue weighted by atomic mass is 16.5. The lowest BCUT2D eigenvalue weighted by molar-refractivity contribution is -0.137. The van der Waals surface area contributed by atoms with E-state index < -0.39 is 11.8 Å². The van der Waals surface area contributed by atoms with Crippen molar-refractivity contribution in [3.63, 3.8) is 0 Å². The first-order valence-corrected chi connectivity index (χ1v) is 10.9. The molecular formula is C28H30O7. The molecule has 0 atom stereocenters. The third-order valence-electron chi connectivity index (χ3n) is 4.91. The van der Waals surface area contributed by atoms with Crippen molar-refractivity contribution < 1.29 is 33.6 Å². The fourth-order valence-corrected chi connectivity index (χ4v) is 3.06. The molecule has 0 aliphatic rings. The summed E-state index contributed by atoms with van der Waals surface area (Å²) in [4.78, 5) is 24.7. The molecule has 0 saturated carbocycles. The fraction of sp³-hybridized carbons (Fsp3) is 0.214. The third-order valence-corrected chi connectivity index (χ3v) is 4.91. The molecule has 0 aliphatic heterocycles. The minimum Gasteiger partial charge on any atom is -0.507 e. The van der Waals surface area contributed by atoms with Gasteiger partial charge in [-0.15, -0.1) is 0 Å². The highest BCUT2D eigenvalue weighted by Crippen LogP contribution is 2.28. The number of benzene rings is 2. The summed E-state index contributed by atoms with van der Waals surface area (Å²) in [6.45, 7) is 3.79. The molecule has 0 spiro atoms. The molecule has 0 heterocycles. The van der Waals surface area contributed by atoms with Gasteiger partial charge in [0.05, 0.1) is 33.5 Å². The highest BCUT2D eigenvalue weighted by Gasteiger charge is 2.10. The SMILES string of the molecule is CCOC(=O)/C=C/C(C(=O)/C=C/c1ccc(C)c(OC)c1)=C(O)\C=C\c1ccc(OC)c(OC)c1. The van der Waals surface area contributed by atoms with Crippen molar-refractivity contribution in [2.75, 3.05) is 27.9 Å². The quantitative estimate of drug-likeness (QED) is 0.204. The van der Waals surface area contributed by atoms with Crippen LogP contribution in [0.25, 0.3) is 12.2 Å². The summed E-state index contributed by atoms with van der Waals surface area (Å²) in [5.41, 5.74) is 2.34. The Bertz CT molecular complexity index is 1170. The van der Waals surface area contributed by atoms with Crippen LogP contribution < -0.4 is 14.2 Å². The summed E-state index contributed by atoms with van der Waals surface area (Å²) in [7, 11) is 4.64. The fourth-order valence-electron chi connectivity index (χ4n) is 3.06. The lowest BCUT2D eigenvalue weighted by Gasteiger charge is -2.07. The van der Waals surface area contributed by atoms with E-state index in [9.17, 15) is 14.7 Å². The standard InChI is InChI=1S/C28H30O7/c1-6-35-28(31)16-12-22(23(29)13-9-20-8-7-19(2)26(17-20)33-4)24(30)14-10-21-11-15-25(32-3)27(18-21)34-5/h7-18,30H,6H2,1-5H3/b13-9+,14-10+,16-12+,24-22-. The van der Waals surface area contributed by atoms with Crippen molar-refractivity contribution in [3.05, 3.63) is 88.7 Å². The average molecular weight is 479 g/mol. The number of ketones is 1. The van der Waals surface area contributed by atoms with Gasteiger partial charge in [-0.25, -0.2) is 4.79 Å². The first kappa shape index (κ1) is 27.0. The summed E-state index contributed by atoms with van der Waals surface area (Å²) in [6, 6.07) is 10.7. The topological polar surface area (TPSA) is 91.3 Å². The molecule has 184 valence electrons. The lowest BCUT2D eigenvalue weighted by Crippen LogP contribution is -2.03. The number of allylic oxidation sites excluding steroid dienone is 4. The second-order valence-electron chi connectivity index (χ2n) is 7.26. The van der Waals surface area contributed by atoms with E-state index in [1.807, 2.05) is 19.1 Å². The van der Waals surface area contributed by atoms with E-state index in [1.54, 1.807) is 50.5 Å². The van der Waals surface area contributed by atoms with Crippen molar-refractivity contribution >= 4 is 23.9 Å². The lowest BCUT2D eigenvalue weighted by atomic mass is 10.1. The number of aryl methyl sites for hydroxylation is 1. The number of hydrogen-bond acceptors (Lipinski definition) is 7. The van der Waals surface area contributed by atoms with E-state index in [0.717, 1.165) is 17.2 Å². The van der Waals surface area contributed by atoms with E-state index >= 15 is 0 Å². The molecule has 0 saturated heterocycles. The first-order valence-electron chi connectivity index (χ1n) is 10.9. The Morgan fingerprint density at radius 1 is 0.800 bits per heavy atom.